The predicted molar refractivity (Wildman–Crippen MR) is 91.3 cm³/mol. The highest BCUT2D eigenvalue weighted by Gasteiger charge is 2.14. The number of amides is 2. The molecule has 0 aliphatic heterocycles. The average Bonchev–Trinajstić information content (AvgIpc) is 2.52. The van der Waals surface area contributed by atoms with Gasteiger partial charge in [-0.1, -0.05) is 45.0 Å². The SMILES string of the molecule is CC(C)(C)c1ccc(C(=O)NCc2ccc(C(N)=O)cc2)cc1. The van der Waals surface area contributed by atoms with E-state index in [0.29, 0.717) is 17.7 Å². The number of nitrogens with two attached hydrogens (primary N) is 1. The van der Waals surface area contributed by atoms with Gasteiger partial charge in [0.1, 0.15) is 0 Å². The fourth-order valence-corrected chi connectivity index (χ4v) is 2.19. The average molecular weight is 310 g/mol. The molecule has 23 heavy (non-hydrogen) atoms. The third-order valence-electron chi connectivity index (χ3n) is 3.70. The van der Waals surface area contributed by atoms with E-state index in [9.17, 15) is 9.59 Å². The van der Waals surface area contributed by atoms with Gasteiger partial charge in [-0.3, -0.25) is 9.59 Å². The molecule has 0 radical (unpaired) electrons. The molecule has 2 amide bonds. The quantitative estimate of drug-likeness (QED) is 0.911. The summed E-state index contributed by atoms with van der Waals surface area (Å²) in [5.41, 5.74) is 8.45. The number of carbonyl (C=O) groups is 2. The topological polar surface area (TPSA) is 72.2 Å². The maximum absolute atomic E-state index is 12.2. The molecular formula is C19H22N2O2. The lowest BCUT2D eigenvalue weighted by Crippen LogP contribution is -2.23. The van der Waals surface area contributed by atoms with Crippen LogP contribution in [0.4, 0.5) is 0 Å². The third-order valence-corrected chi connectivity index (χ3v) is 3.70. The zero-order valence-electron chi connectivity index (χ0n) is 13.7. The molecule has 0 fully saturated rings. The van der Waals surface area contributed by atoms with E-state index in [0.717, 1.165) is 5.56 Å². The first-order valence-corrected chi connectivity index (χ1v) is 7.55. The minimum absolute atomic E-state index is 0.0666. The normalized spacial score (nSPS) is 11.1. The lowest BCUT2D eigenvalue weighted by molar-refractivity contribution is 0.0949. The van der Waals surface area contributed by atoms with Gasteiger partial charge in [0.2, 0.25) is 5.91 Å². The van der Waals surface area contributed by atoms with Crippen LogP contribution >= 0.6 is 0 Å². The van der Waals surface area contributed by atoms with E-state index >= 15 is 0 Å². The maximum Gasteiger partial charge on any atom is 0.251 e. The maximum atomic E-state index is 12.2. The Morgan fingerprint density at radius 3 is 1.91 bits per heavy atom. The summed E-state index contributed by atoms with van der Waals surface area (Å²) >= 11 is 0. The second-order valence-electron chi connectivity index (χ2n) is 6.57. The Bertz CT molecular complexity index is 696. The summed E-state index contributed by atoms with van der Waals surface area (Å²) in [7, 11) is 0. The van der Waals surface area contributed by atoms with Crippen LogP contribution in [-0.4, -0.2) is 11.8 Å². The first-order chi connectivity index (χ1) is 10.8. The fraction of sp³-hybridized carbons (Fsp3) is 0.263. The van der Waals surface area contributed by atoms with E-state index in [-0.39, 0.29) is 11.3 Å². The van der Waals surface area contributed by atoms with E-state index in [2.05, 4.69) is 26.1 Å². The summed E-state index contributed by atoms with van der Waals surface area (Å²) in [4.78, 5) is 23.2. The van der Waals surface area contributed by atoms with Crippen LogP contribution < -0.4 is 11.1 Å². The molecule has 0 aliphatic carbocycles. The molecule has 4 heteroatoms. The van der Waals surface area contributed by atoms with Crippen molar-refractivity contribution in [3.05, 3.63) is 70.8 Å². The van der Waals surface area contributed by atoms with Gasteiger partial charge in [-0.15, -0.1) is 0 Å². The van der Waals surface area contributed by atoms with Gasteiger partial charge in [-0.25, -0.2) is 0 Å². The summed E-state index contributed by atoms with van der Waals surface area (Å²) < 4.78 is 0. The lowest BCUT2D eigenvalue weighted by Gasteiger charge is -2.19. The summed E-state index contributed by atoms with van der Waals surface area (Å²) in [6.07, 6.45) is 0. The van der Waals surface area contributed by atoms with Crippen molar-refractivity contribution in [2.45, 2.75) is 32.7 Å². The van der Waals surface area contributed by atoms with Crippen molar-refractivity contribution in [2.24, 2.45) is 5.73 Å². The van der Waals surface area contributed by atoms with Crippen LogP contribution in [-0.2, 0) is 12.0 Å². The highest BCUT2D eigenvalue weighted by Crippen LogP contribution is 2.22. The largest absolute Gasteiger partial charge is 0.366 e. The van der Waals surface area contributed by atoms with Gasteiger partial charge in [0.25, 0.3) is 5.91 Å². The van der Waals surface area contributed by atoms with E-state index < -0.39 is 5.91 Å². The van der Waals surface area contributed by atoms with E-state index in [1.54, 1.807) is 24.3 Å². The van der Waals surface area contributed by atoms with Gasteiger partial charge < -0.3 is 11.1 Å². The summed E-state index contributed by atoms with van der Waals surface area (Å²) in [6, 6.07) is 14.5. The van der Waals surface area contributed by atoms with Crippen molar-refractivity contribution >= 4 is 11.8 Å². The molecule has 4 nitrogen and oxygen atoms in total. The van der Waals surface area contributed by atoms with Crippen LogP contribution in [0.3, 0.4) is 0 Å². The van der Waals surface area contributed by atoms with Crippen LogP contribution in [0.1, 0.15) is 52.6 Å². The molecule has 120 valence electrons. The number of carbonyl (C=O) groups excluding carboxylic acids is 2. The van der Waals surface area contributed by atoms with Gasteiger partial charge in [-0.2, -0.15) is 0 Å². The van der Waals surface area contributed by atoms with Gasteiger partial charge in [-0.05, 0) is 40.8 Å². The molecule has 0 heterocycles. The molecule has 0 spiro atoms. The lowest BCUT2D eigenvalue weighted by atomic mass is 9.87. The molecule has 3 N–H and O–H groups in total. The summed E-state index contributed by atoms with van der Waals surface area (Å²) in [6.45, 7) is 6.81. The van der Waals surface area contributed by atoms with Gasteiger partial charge in [0, 0.05) is 17.7 Å². The van der Waals surface area contributed by atoms with Gasteiger partial charge in [0.15, 0.2) is 0 Å². The summed E-state index contributed by atoms with van der Waals surface area (Å²) in [5, 5.41) is 2.87. The molecule has 0 atom stereocenters. The minimum Gasteiger partial charge on any atom is -0.366 e. The molecule has 0 aliphatic rings. The Labute approximate surface area is 136 Å². The Morgan fingerprint density at radius 2 is 1.43 bits per heavy atom. The van der Waals surface area contributed by atoms with Crippen LogP contribution in [0.2, 0.25) is 0 Å². The van der Waals surface area contributed by atoms with Crippen molar-refractivity contribution in [3.8, 4) is 0 Å². The monoisotopic (exact) mass is 310 g/mol. The van der Waals surface area contributed by atoms with Crippen molar-refractivity contribution < 1.29 is 9.59 Å². The molecule has 2 rings (SSSR count). The van der Waals surface area contributed by atoms with Gasteiger partial charge in [0.05, 0.1) is 0 Å². The smallest absolute Gasteiger partial charge is 0.251 e. The highest BCUT2D eigenvalue weighted by atomic mass is 16.2. The zero-order chi connectivity index (χ0) is 17.0. The third kappa shape index (κ3) is 4.42. The first kappa shape index (κ1) is 16.7. The second kappa shape index (κ2) is 6.65. The van der Waals surface area contributed by atoms with Crippen LogP contribution in [0.15, 0.2) is 48.5 Å². The summed E-state index contributed by atoms with van der Waals surface area (Å²) in [5.74, 6) is -0.580. The van der Waals surface area contributed by atoms with Crippen molar-refractivity contribution in [1.29, 1.82) is 0 Å². The molecule has 0 bridgehead atoms. The van der Waals surface area contributed by atoms with Crippen molar-refractivity contribution in [3.63, 3.8) is 0 Å². The van der Waals surface area contributed by atoms with Crippen molar-refractivity contribution in [1.82, 2.24) is 5.32 Å². The van der Waals surface area contributed by atoms with E-state index in [4.69, 9.17) is 5.73 Å². The Kier molecular flexibility index (Phi) is 4.84. The molecule has 2 aromatic carbocycles. The number of hydrogen-bond donors (Lipinski definition) is 2. The van der Waals surface area contributed by atoms with Crippen LogP contribution in [0, 0.1) is 0 Å². The Morgan fingerprint density at radius 1 is 0.913 bits per heavy atom. The molecule has 0 aromatic heterocycles. The van der Waals surface area contributed by atoms with Crippen LogP contribution in [0.5, 0.6) is 0 Å². The van der Waals surface area contributed by atoms with Crippen molar-refractivity contribution in [2.75, 3.05) is 0 Å². The Balaban J connectivity index is 1.98. The zero-order valence-corrected chi connectivity index (χ0v) is 13.7. The number of hydrogen-bond acceptors (Lipinski definition) is 2. The highest BCUT2D eigenvalue weighted by molar-refractivity contribution is 5.94. The number of rotatable bonds is 4. The number of nitrogens with one attached hydrogen (secondary N) is 1. The molecule has 2 aromatic rings. The molecule has 0 unspecified atom stereocenters. The number of benzene rings is 2. The van der Waals surface area contributed by atoms with E-state index in [1.165, 1.54) is 5.56 Å². The Hall–Kier alpha value is -2.62. The van der Waals surface area contributed by atoms with Gasteiger partial charge >= 0.3 is 0 Å². The molecule has 0 saturated heterocycles. The van der Waals surface area contributed by atoms with Crippen LogP contribution in [0.25, 0.3) is 0 Å². The minimum atomic E-state index is -0.459. The predicted octanol–water partition coefficient (Wildman–Crippen LogP) is 3.01. The molecular weight excluding hydrogens is 288 g/mol. The second-order valence-corrected chi connectivity index (χ2v) is 6.57. The molecule has 0 saturated carbocycles. The first-order valence-electron chi connectivity index (χ1n) is 7.55. The van der Waals surface area contributed by atoms with E-state index in [1.807, 2.05) is 24.3 Å². The fourth-order valence-electron chi connectivity index (χ4n) is 2.19. The standard InChI is InChI=1S/C19H22N2O2/c1-19(2,3)16-10-8-15(9-11-16)18(23)21-12-13-4-6-14(7-5-13)17(20)22/h4-11H,12H2,1-3H3,(H2,20,22)(H,21,23). The number of primary amides is 1.